The first-order valence-electron chi connectivity index (χ1n) is 5.45. The summed E-state index contributed by atoms with van der Waals surface area (Å²) >= 11 is 0. The second-order valence-corrected chi connectivity index (χ2v) is 4.56. The first kappa shape index (κ1) is 10.1. The standard InChI is InChI=1S/C11H18O3/c1-11(9-4-6-13-8-9)5-2-3-10(7-12)14-11/h7,9-10H,2-6,8H2,1H3. The molecule has 0 bridgehead atoms. The van der Waals surface area contributed by atoms with Crippen molar-refractivity contribution in [3.63, 3.8) is 0 Å². The molecular formula is C11H18O3. The molecule has 0 aromatic carbocycles. The molecule has 0 amide bonds. The van der Waals surface area contributed by atoms with E-state index in [9.17, 15) is 4.79 Å². The lowest BCUT2D eigenvalue weighted by Crippen LogP contribution is -2.45. The molecule has 3 atom stereocenters. The summed E-state index contributed by atoms with van der Waals surface area (Å²) in [7, 11) is 0. The molecule has 2 rings (SSSR count). The number of ether oxygens (including phenoxy) is 2. The molecule has 0 aromatic heterocycles. The molecule has 80 valence electrons. The fraction of sp³-hybridized carbons (Fsp3) is 0.909. The first-order chi connectivity index (χ1) is 6.74. The lowest BCUT2D eigenvalue weighted by Gasteiger charge is -2.40. The predicted molar refractivity (Wildman–Crippen MR) is 52.1 cm³/mol. The Hall–Kier alpha value is -0.410. The van der Waals surface area contributed by atoms with Crippen molar-refractivity contribution in [1.29, 1.82) is 0 Å². The monoisotopic (exact) mass is 198 g/mol. The third-order valence-corrected chi connectivity index (χ3v) is 3.53. The Morgan fingerprint density at radius 1 is 1.43 bits per heavy atom. The maximum absolute atomic E-state index is 10.7. The van der Waals surface area contributed by atoms with Gasteiger partial charge in [0.05, 0.1) is 12.2 Å². The molecule has 0 N–H and O–H groups in total. The minimum Gasteiger partial charge on any atom is -0.381 e. The van der Waals surface area contributed by atoms with Gasteiger partial charge < -0.3 is 14.3 Å². The Morgan fingerprint density at radius 3 is 2.93 bits per heavy atom. The van der Waals surface area contributed by atoms with Crippen LogP contribution in [0.2, 0.25) is 0 Å². The van der Waals surface area contributed by atoms with Crippen LogP contribution >= 0.6 is 0 Å². The highest BCUT2D eigenvalue weighted by molar-refractivity contribution is 5.56. The number of carbonyl (C=O) groups is 1. The highest BCUT2D eigenvalue weighted by Gasteiger charge is 2.41. The summed E-state index contributed by atoms with van der Waals surface area (Å²) in [6, 6.07) is 0. The molecule has 2 fully saturated rings. The molecule has 0 radical (unpaired) electrons. The normalized spacial score (nSPS) is 43.8. The topological polar surface area (TPSA) is 35.5 Å². The predicted octanol–water partition coefficient (Wildman–Crippen LogP) is 1.55. The number of aldehydes is 1. The van der Waals surface area contributed by atoms with Crippen molar-refractivity contribution < 1.29 is 14.3 Å². The van der Waals surface area contributed by atoms with Gasteiger partial charge in [-0.3, -0.25) is 0 Å². The van der Waals surface area contributed by atoms with Crippen molar-refractivity contribution in [2.24, 2.45) is 5.92 Å². The third-order valence-electron chi connectivity index (χ3n) is 3.53. The van der Waals surface area contributed by atoms with Gasteiger partial charge in [-0.2, -0.15) is 0 Å². The van der Waals surface area contributed by atoms with Crippen LogP contribution in [0.3, 0.4) is 0 Å². The van der Waals surface area contributed by atoms with E-state index in [1.807, 2.05) is 0 Å². The number of hydrogen-bond donors (Lipinski definition) is 0. The number of carbonyl (C=O) groups excluding carboxylic acids is 1. The largest absolute Gasteiger partial charge is 0.381 e. The zero-order valence-electron chi connectivity index (χ0n) is 8.70. The fourth-order valence-corrected chi connectivity index (χ4v) is 2.53. The lowest BCUT2D eigenvalue weighted by atomic mass is 9.81. The highest BCUT2D eigenvalue weighted by Crippen LogP contribution is 2.37. The molecule has 2 aliphatic rings. The summed E-state index contributed by atoms with van der Waals surface area (Å²) < 4.78 is 11.2. The zero-order valence-corrected chi connectivity index (χ0v) is 8.70. The minimum absolute atomic E-state index is 0.125. The Labute approximate surface area is 84.8 Å². The number of rotatable bonds is 2. The third kappa shape index (κ3) is 1.84. The molecule has 3 heteroatoms. The molecular weight excluding hydrogens is 180 g/mol. The van der Waals surface area contributed by atoms with E-state index >= 15 is 0 Å². The van der Waals surface area contributed by atoms with Gasteiger partial charge in [0, 0.05) is 12.5 Å². The van der Waals surface area contributed by atoms with E-state index in [4.69, 9.17) is 9.47 Å². The fourth-order valence-electron chi connectivity index (χ4n) is 2.53. The van der Waals surface area contributed by atoms with Crippen molar-refractivity contribution in [2.45, 2.75) is 44.3 Å². The Kier molecular flexibility index (Phi) is 2.88. The summed E-state index contributed by atoms with van der Waals surface area (Å²) in [5, 5.41) is 0. The average Bonchev–Trinajstić information content (AvgIpc) is 2.71. The molecule has 0 saturated carbocycles. The van der Waals surface area contributed by atoms with Crippen LogP contribution in [0.1, 0.15) is 32.6 Å². The maximum atomic E-state index is 10.7. The van der Waals surface area contributed by atoms with Crippen LogP contribution in [0.4, 0.5) is 0 Å². The summed E-state index contributed by atoms with van der Waals surface area (Å²) in [4.78, 5) is 10.7. The summed E-state index contributed by atoms with van der Waals surface area (Å²) in [5.74, 6) is 0.477. The quantitative estimate of drug-likeness (QED) is 0.631. The smallest absolute Gasteiger partial charge is 0.148 e. The van der Waals surface area contributed by atoms with Crippen molar-refractivity contribution in [2.75, 3.05) is 13.2 Å². The summed E-state index contributed by atoms with van der Waals surface area (Å²) in [6.07, 6.45) is 4.86. The van der Waals surface area contributed by atoms with Crippen molar-refractivity contribution >= 4 is 6.29 Å². The molecule has 14 heavy (non-hydrogen) atoms. The van der Waals surface area contributed by atoms with Crippen molar-refractivity contribution in [3.05, 3.63) is 0 Å². The van der Waals surface area contributed by atoms with Gasteiger partial charge >= 0.3 is 0 Å². The van der Waals surface area contributed by atoms with E-state index in [-0.39, 0.29) is 11.7 Å². The second kappa shape index (κ2) is 3.99. The van der Waals surface area contributed by atoms with Crippen molar-refractivity contribution in [1.82, 2.24) is 0 Å². The second-order valence-electron chi connectivity index (χ2n) is 4.56. The maximum Gasteiger partial charge on any atom is 0.148 e. The van der Waals surface area contributed by atoms with Crippen LogP contribution in [0.5, 0.6) is 0 Å². The molecule has 0 spiro atoms. The molecule has 0 aliphatic carbocycles. The van der Waals surface area contributed by atoms with Crippen LogP contribution in [0.25, 0.3) is 0 Å². The average molecular weight is 198 g/mol. The van der Waals surface area contributed by atoms with Gasteiger partial charge in [-0.25, -0.2) is 0 Å². The molecule has 3 unspecified atom stereocenters. The van der Waals surface area contributed by atoms with Gasteiger partial charge in [0.15, 0.2) is 0 Å². The van der Waals surface area contributed by atoms with Crippen LogP contribution in [0, 0.1) is 5.92 Å². The van der Waals surface area contributed by atoms with E-state index in [0.717, 1.165) is 45.2 Å². The number of hydrogen-bond acceptors (Lipinski definition) is 3. The summed E-state index contributed by atoms with van der Waals surface area (Å²) in [5.41, 5.74) is -0.125. The molecule has 0 aromatic rings. The Morgan fingerprint density at radius 2 is 2.29 bits per heavy atom. The van der Waals surface area contributed by atoms with E-state index in [1.165, 1.54) is 0 Å². The molecule has 2 heterocycles. The Balaban J connectivity index is 2.01. The molecule has 2 aliphatic heterocycles. The van der Waals surface area contributed by atoms with Gasteiger partial charge in [0.2, 0.25) is 0 Å². The minimum atomic E-state index is -0.186. The van der Waals surface area contributed by atoms with E-state index in [2.05, 4.69) is 6.92 Å². The van der Waals surface area contributed by atoms with E-state index in [0.29, 0.717) is 5.92 Å². The summed E-state index contributed by atoms with van der Waals surface area (Å²) in [6.45, 7) is 3.76. The first-order valence-corrected chi connectivity index (χ1v) is 5.45. The van der Waals surface area contributed by atoms with E-state index in [1.54, 1.807) is 0 Å². The van der Waals surface area contributed by atoms with Gasteiger partial charge in [-0.05, 0) is 32.6 Å². The van der Waals surface area contributed by atoms with Crippen LogP contribution < -0.4 is 0 Å². The SMILES string of the molecule is CC1(C2CCOC2)CCCC(C=O)O1. The van der Waals surface area contributed by atoms with Gasteiger partial charge in [0.25, 0.3) is 0 Å². The van der Waals surface area contributed by atoms with Crippen LogP contribution in [0.15, 0.2) is 0 Å². The molecule has 3 nitrogen and oxygen atoms in total. The van der Waals surface area contributed by atoms with Crippen LogP contribution in [-0.4, -0.2) is 31.2 Å². The lowest BCUT2D eigenvalue weighted by molar-refractivity contribution is -0.157. The molecule has 2 saturated heterocycles. The highest BCUT2D eigenvalue weighted by atomic mass is 16.5. The Bertz CT molecular complexity index is 211. The van der Waals surface area contributed by atoms with Gasteiger partial charge in [-0.15, -0.1) is 0 Å². The zero-order chi connectivity index (χ0) is 10.0. The van der Waals surface area contributed by atoms with E-state index < -0.39 is 0 Å². The van der Waals surface area contributed by atoms with Crippen molar-refractivity contribution in [3.8, 4) is 0 Å². The van der Waals surface area contributed by atoms with Gasteiger partial charge in [-0.1, -0.05) is 0 Å². The van der Waals surface area contributed by atoms with Gasteiger partial charge in [0.1, 0.15) is 12.4 Å². The van der Waals surface area contributed by atoms with Crippen LogP contribution in [-0.2, 0) is 14.3 Å².